The van der Waals surface area contributed by atoms with Crippen molar-refractivity contribution in [2.24, 2.45) is 10.7 Å². The van der Waals surface area contributed by atoms with E-state index in [2.05, 4.69) is 10.3 Å². The van der Waals surface area contributed by atoms with Crippen molar-refractivity contribution >= 4 is 11.6 Å². The Kier molecular flexibility index (Phi) is 2.59. The number of hydrogen-bond acceptors (Lipinski definition) is 3. The van der Waals surface area contributed by atoms with Gasteiger partial charge in [-0.25, -0.2) is 0 Å². The molecule has 0 saturated carbocycles. The third kappa shape index (κ3) is 2.01. The van der Waals surface area contributed by atoms with Crippen LogP contribution < -0.4 is 11.1 Å². The number of hydrogen-bond donors (Lipinski definition) is 2. The zero-order valence-electron chi connectivity index (χ0n) is 6.63. The lowest BCUT2D eigenvalue weighted by Gasteiger charge is -2.21. The summed E-state index contributed by atoms with van der Waals surface area (Å²) in [4.78, 5) is 14.7. The predicted octanol–water partition coefficient (Wildman–Crippen LogP) is -0.705. The zero-order chi connectivity index (χ0) is 8.27. The van der Waals surface area contributed by atoms with Crippen LogP contribution in [0.15, 0.2) is 4.99 Å². The summed E-state index contributed by atoms with van der Waals surface area (Å²) < 4.78 is 0. The summed E-state index contributed by atoms with van der Waals surface area (Å²) in [6.07, 6.45) is 1.67. The van der Waals surface area contributed by atoms with Crippen LogP contribution in [-0.4, -0.2) is 31.3 Å². The smallest absolute Gasteiger partial charge is 0.234 e. The van der Waals surface area contributed by atoms with E-state index in [1.165, 1.54) is 0 Å². The van der Waals surface area contributed by atoms with Crippen LogP contribution in [0.3, 0.4) is 0 Å². The molecule has 1 aliphatic heterocycles. The molecule has 1 saturated heterocycles. The molecular weight excluding hydrogens is 142 g/mol. The Morgan fingerprint density at radius 2 is 2.55 bits per heavy atom. The van der Waals surface area contributed by atoms with Crippen molar-refractivity contribution in [2.45, 2.75) is 18.9 Å². The molecule has 62 valence electrons. The van der Waals surface area contributed by atoms with Gasteiger partial charge >= 0.3 is 0 Å². The van der Waals surface area contributed by atoms with Gasteiger partial charge in [-0.05, 0) is 12.8 Å². The maximum absolute atomic E-state index is 10.7. The highest BCUT2D eigenvalue weighted by Crippen LogP contribution is 2.04. The lowest BCUT2D eigenvalue weighted by atomic mass is 10.0. The standard InChI is InChI=1S/C7H13N3O/c1-9-5-2-3-6(7(8)11)10-4-5/h6,10H,2-4H2,1H3,(H2,8,11)/t6-/m0/s1. The van der Waals surface area contributed by atoms with Gasteiger partial charge < -0.3 is 11.1 Å². The third-order valence-corrected chi connectivity index (χ3v) is 1.93. The zero-order valence-corrected chi connectivity index (χ0v) is 6.63. The van der Waals surface area contributed by atoms with Gasteiger partial charge in [0.1, 0.15) is 0 Å². The Morgan fingerprint density at radius 1 is 1.82 bits per heavy atom. The molecule has 11 heavy (non-hydrogen) atoms. The minimum atomic E-state index is -0.264. The van der Waals surface area contributed by atoms with Crippen molar-refractivity contribution < 1.29 is 4.79 Å². The maximum atomic E-state index is 10.7. The van der Waals surface area contributed by atoms with E-state index in [1.807, 2.05) is 0 Å². The third-order valence-electron chi connectivity index (χ3n) is 1.93. The van der Waals surface area contributed by atoms with E-state index in [9.17, 15) is 4.79 Å². The van der Waals surface area contributed by atoms with E-state index < -0.39 is 0 Å². The van der Waals surface area contributed by atoms with Gasteiger partial charge in [0.25, 0.3) is 0 Å². The van der Waals surface area contributed by atoms with Gasteiger partial charge in [0.05, 0.1) is 6.04 Å². The average Bonchev–Trinajstić information content (AvgIpc) is 2.05. The summed E-state index contributed by atoms with van der Waals surface area (Å²) in [5, 5.41) is 3.01. The molecule has 1 atom stereocenters. The first-order valence-corrected chi connectivity index (χ1v) is 3.71. The summed E-state index contributed by atoms with van der Waals surface area (Å²) in [5.41, 5.74) is 6.23. The Balaban J connectivity index is 2.42. The van der Waals surface area contributed by atoms with E-state index in [0.717, 1.165) is 18.6 Å². The van der Waals surface area contributed by atoms with Crippen LogP contribution in [0.2, 0.25) is 0 Å². The number of carbonyl (C=O) groups excluding carboxylic acids is 1. The minimum absolute atomic E-state index is 0.152. The molecule has 0 aromatic heterocycles. The molecule has 0 bridgehead atoms. The van der Waals surface area contributed by atoms with Crippen LogP contribution in [-0.2, 0) is 4.79 Å². The lowest BCUT2D eigenvalue weighted by Crippen LogP contribution is -2.47. The van der Waals surface area contributed by atoms with Crippen LogP contribution in [0, 0.1) is 0 Å². The van der Waals surface area contributed by atoms with Gasteiger partial charge in [-0.2, -0.15) is 0 Å². The molecule has 1 aliphatic rings. The second-order valence-electron chi connectivity index (χ2n) is 2.66. The Morgan fingerprint density at radius 3 is 2.91 bits per heavy atom. The quantitative estimate of drug-likeness (QED) is 0.525. The highest BCUT2D eigenvalue weighted by atomic mass is 16.1. The SMILES string of the molecule is CN=C1CC[C@@H](C(N)=O)NC1. The predicted molar refractivity (Wildman–Crippen MR) is 43.6 cm³/mol. The monoisotopic (exact) mass is 155 g/mol. The summed E-state index contributed by atoms with van der Waals surface area (Å²) in [6, 6.07) is -0.152. The molecule has 0 aromatic carbocycles. The topological polar surface area (TPSA) is 67.5 Å². The molecule has 1 fully saturated rings. The van der Waals surface area contributed by atoms with E-state index in [-0.39, 0.29) is 11.9 Å². The highest BCUT2D eigenvalue weighted by molar-refractivity contribution is 5.90. The van der Waals surface area contributed by atoms with E-state index in [0.29, 0.717) is 6.54 Å². The van der Waals surface area contributed by atoms with Gasteiger partial charge in [0, 0.05) is 19.3 Å². The fourth-order valence-corrected chi connectivity index (χ4v) is 1.18. The molecule has 1 heterocycles. The van der Waals surface area contributed by atoms with Crippen LogP contribution in [0.5, 0.6) is 0 Å². The van der Waals surface area contributed by atoms with Gasteiger partial charge in [-0.3, -0.25) is 9.79 Å². The second-order valence-corrected chi connectivity index (χ2v) is 2.66. The van der Waals surface area contributed by atoms with E-state index in [4.69, 9.17) is 5.73 Å². The first kappa shape index (κ1) is 8.20. The number of nitrogens with zero attached hydrogens (tertiary/aromatic N) is 1. The first-order chi connectivity index (χ1) is 5.24. The van der Waals surface area contributed by atoms with Gasteiger partial charge in [0.2, 0.25) is 5.91 Å². The Bertz CT molecular complexity index is 178. The van der Waals surface area contributed by atoms with Crippen molar-refractivity contribution in [3.8, 4) is 0 Å². The molecule has 3 N–H and O–H groups in total. The van der Waals surface area contributed by atoms with Gasteiger partial charge in [-0.15, -0.1) is 0 Å². The number of rotatable bonds is 1. The summed E-state index contributed by atoms with van der Waals surface area (Å²) in [5.74, 6) is -0.264. The number of nitrogens with one attached hydrogen (secondary N) is 1. The number of primary amides is 1. The molecule has 4 nitrogen and oxygen atoms in total. The summed E-state index contributed by atoms with van der Waals surface area (Å²) in [6.45, 7) is 0.699. The number of nitrogens with two attached hydrogens (primary N) is 1. The number of piperidine rings is 1. The number of amides is 1. The normalized spacial score (nSPS) is 28.8. The number of aliphatic imine (C=N–C) groups is 1. The summed E-state index contributed by atoms with van der Waals surface area (Å²) >= 11 is 0. The Hall–Kier alpha value is -0.900. The molecule has 0 spiro atoms. The molecule has 0 aliphatic carbocycles. The van der Waals surface area contributed by atoms with Crippen LogP contribution in [0.1, 0.15) is 12.8 Å². The fourth-order valence-electron chi connectivity index (χ4n) is 1.18. The average molecular weight is 155 g/mol. The van der Waals surface area contributed by atoms with Crippen molar-refractivity contribution in [1.29, 1.82) is 0 Å². The van der Waals surface area contributed by atoms with E-state index >= 15 is 0 Å². The minimum Gasteiger partial charge on any atom is -0.368 e. The van der Waals surface area contributed by atoms with Crippen molar-refractivity contribution in [3.63, 3.8) is 0 Å². The largest absolute Gasteiger partial charge is 0.368 e. The van der Waals surface area contributed by atoms with Crippen molar-refractivity contribution in [1.82, 2.24) is 5.32 Å². The fraction of sp³-hybridized carbons (Fsp3) is 0.714. The first-order valence-electron chi connectivity index (χ1n) is 3.71. The highest BCUT2D eigenvalue weighted by Gasteiger charge is 2.20. The second kappa shape index (κ2) is 3.48. The maximum Gasteiger partial charge on any atom is 0.234 e. The molecule has 1 rings (SSSR count). The van der Waals surface area contributed by atoms with Crippen molar-refractivity contribution in [2.75, 3.05) is 13.6 Å². The molecule has 0 radical (unpaired) electrons. The summed E-state index contributed by atoms with van der Waals surface area (Å²) in [7, 11) is 1.77. The van der Waals surface area contributed by atoms with Gasteiger partial charge in [-0.1, -0.05) is 0 Å². The van der Waals surface area contributed by atoms with Crippen LogP contribution in [0.25, 0.3) is 0 Å². The Labute approximate surface area is 65.9 Å². The molecular formula is C7H13N3O. The molecule has 0 unspecified atom stereocenters. The molecule has 4 heteroatoms. The van der Waals surface area contributed by atoms with Crippen LogP contribution in [0.4, 0.5) is 0 Å². The van der Waals surface area contributed by atoms with E-state index in [1.54, 1.807) is 7.05 Å². The van der Waals surface area contributed by atoms with Crippen LogP contribution >= 0.6 is 0 Å². The van der Waals surface area contributed by atoms with Crippen molar-refractivity contribution in [3.05, 3.63) is 0 Å². The van der Waals surface area contributed by atoms with Gasteiger partial charge in [0.15, 0.2) is 0 Å². The lowest BCUT2D eigenvalue weighted by molar-refractivity contribution is -0.120. The number of carbonyl (C=O) groups is 1. The molecule has 1 amide bonds. The molecule has 0 aromatic rings.